The Balaban J connectivity index is 1.78. The molecule has 0 saturated carbocycles. The Bertz CT molecular complexity index is 701. The Kier molecular flexibility index (Phi) is 4.73. The Morgan fingerprint density at radius 3 is 3.00 bits per heavy atom. The SMILES string of the molecule is C[C@H](N)[C@@H]1CCCN(C(=O)c2cnc(-c3ccccc3F)s2)C1. The van der Waals surface area contributed by atoms with Gasteiger partial charge in [0.15, 0.2) is 0 Å². The maximum atomic E-state index is 13.8. The van der Waals surface area contributed by atoms with Crippen LogP contribution in [0.1, 0.15) is 29.4 Å². The molecule has 2 aromatic rings. The van der Waals surface area contributed by atoms with Crippen LogP contribution in [0.5, 0.6) is 0 Å². The predicted molar refractivity (Wildman–Crippen MR) is 89.8 cm³/mol. The first-order valence-corrected chi connectivity index (χ1v) is 8.63. The molecule has 4 nitrogen and oxygen atoms in total. The number of hydrogen-bond donors (Lipinski definition) is 1. The van der Waals surface area contributed by atoms with Crippen molar-refractivity contribution in [2.45, 2.75) is 25.8 Å². The molecule has 1 aromatic heterocycles. The number of rotatable bonds is 3. The van der Waals surface area contributed by atoms with Crippen LogP contribution in [-0.2, 0) is 0 Å². The summed E-state index contributed by atoms with van der Waals surface area (Å²) in [6.07, 6.45) is 3.58. The van der Waals surface area contributed by atoms with E-state index in [1.54, 1.807) is 24.4 Å². The van der Waals surface area contributed by atoms with Crippen LogP contribution in [-0.4, -0.2) is 34.9 Å². The van der Waals surface area contributed by atoms with Crippen LogP contribution in [0.3, 0.4) is 0 Å². The summed E-state index contributed by atoms with van der Waals surface area (Å²) >= 11 is 1.24. The van der Waals surface area contributed by atoms with Crippen molar-refractivity contribution in [1.29, 1.82) is 0 Å². The molecule has 0 aliphatic carbocycles. The Morgan fingerprint density at radius 1 is 1.48 bits per heavy atom. The molecule has 6 heteroatoms. The first-order chi connectivity index (χ1) is 11.1. The maximum absolute atomic E-state index is 13.8. The first kappa shape index (κ1) is 16.1. The predicted octanol–water partition coefficient (Wildman–Crippen LogP) is 3.15. The summed E-state index contributed by atoms with van der Waals surface area (Å²) < 4.78 is 13.8. The Labute approximate surface area is 139 Å². The van der Waals surface area contributed by atoms with Gasteiger partial charge >= 0.3 is 0 Å². The second-order valence-corrected chi connectivity index (χ2v) is 7.05. The number of nitrogens with zero attached hydrogens (tertiary/aromatic N) is 2. The lowest BCUT2D eigenvalue weighted by atomic mass is 9.92. The second-order valence-electron chi connectivity index (χ2n) is 6.02. The van der Waals surface area contributed by atoms with Gasteiger partial charge in [0.2, 0.25) is 0 Å². The highest BCUT2D eigenvalue weighted by atomic mass is 32.1. The number of aromatic nitrogens is 1. The lowest BCUT2D eigenvalue weighted by Gasteiger charge is -2.34. The fraction of sp³-hybridized carbons (Fsp3) is 0.412. The summed E-state index contributed by atoms with van der Waals surface area (Å²) in [5.74, 6) is -0.0158. The van der Waals surface area contributed by atoms with Gasteiger partial charge in [0.25, 0.3) is 5.91 Å². The number of piperidine rings is 1. The van der Waals surface area contributed by atoms with E-state index in [1.165, 1.54) is 17.4 Å². The number of likely N-dealkylation sites (tertiary alicyclic amines) is 1. The zero-order chi connectivity index (χ0) is 16.4. The molecule has 3 rings (SSSR count). The molecule has 1 saturated heterocycles. The van der Waals surface area contributed by atoms with E-state index in [0.29, 0.717) is 27.9 Å². The summed E-state index contributed by atoms with van der Waals surface area (Å²) in [4.78, 5) is 19.3. The third-order valence-corrected chi connectivity index (χ3v) is 5.33. The number of hydrogen-bond acceptors (Lipinski definition) is 4. The number of halogens is 1. The quantitative estimate of drug-likeness (QED) is 0.939. The van der Waals surface area contributed by atoms with Crippen molar-refractivity contribution in [2.75, 3.05) is 13.1 Å². The lowest BCUT2D eigenvalue weighted by molar-refractivity contribution is 0.0665. The fourth-order valence-corrected chi connectivity index (χ4v) is 3.82. The summed E-state index contributed by atoms with van der Waals surface area (Å²) in [7, 11) is 0. The van der Waals surface area contributed by atoms with E-state index in [2.05, 4.69) is 4.98 Å². The third kappa shape index (κ3) is 3.43. The average molecular weight is 333 g/mol. The number of amides is 1. The normalized spacial score (nSPS) is 19.6. The number of thiazole rings is 1. The number of nitrogens with two attached hydrogens (primary N) is 1. The number of carbonyl (C=O) groups is 1. The van der Waals surface area contributed by atoms with Gasteiger partial charge in [-0.25, -0.2) is 9.37 Å². The van der Waals surface area contributed by atoms with Crippen LogP contribution in [0.15, 0.2) is 30.5 Å². The highest BCUT2D eigenvalue weighted by molar-refractivity contribution is 7.16. The van der Waals surface area contributed by atoms with Crippen LogP contribution in [0, 0.1) is 11.7 Å². The summed E-state index contributed by atoms with van der Waals surface area (Å²) in [5.41, 5.74) is 6.41. The van der Waals surface area contributed by atoms with Gasteiger partial charge < -0.3 is 10.6 Å². The van der Waals surface area contributed by atoms with E-state index < -0.39 is 0 Å². The molecule has 2 heterocycles. The zero-order valence-electron chi connectivity index (χ0n) is 13.0. The van der Waals surface area contributed by atoms with Gasteiger partial charge in [0.05, 0.1) is 6.20 Å². The van der Waals surface area contributed by atoms with Crippen molar-refractivity contribution < 1.29 is 9.18 Å². The van der Waals surface area contributed by atoms with Crippen molar-refractivity contribution in [3.05, 3.63) is 41.2 Å². The minimum atomic E-state index is -0.323. The van der Waals surface area contributed by atoms with Gasteiger partial charge in [-0.2, -0.15) is 0 Å². The molecule has 2 atom stereocenters. The molecular weight excluding hydrogens is 313 g/mol. The third-order valence-electron chi connectivity index (χ3n) is 4.31. The molecule has 122 valence electrons. The van der Waals surface area contributed by atoms with E-state index in [4.69, 9.17) is 5.73 Å². The van der Waals surface area contributed by atoms with E-state index in [0.717, 1.165) is 19.4 Å². The minimum Gasteiger partial charge on any atom is -0.338 e. The number of carbonyl (C=O) groups excluding carboxylic acids is 1. The lowest BCUT2D eigenvalue weighted by Crippen LogP contribution is -2.44. The van der Waals surface area contributed by atoms with Crippen molar-refractivity contribution >= 4 is 17.2 Å². The minimum absolute atomic E-state index is 0.0320. The van der Waals surface area contributed by atoms with E-state index in [-0.39, 0.29) is 17.8 Å². The molecule has 23 heavy (non-hydrogen) atoms. The molecule has 2 N–H and O–H groups in total. The summed E-state index contributed by atoms with van der Waals surface area (Å²) in [6, 6.07) is 6.56. The molecule has 0 radical (unpaired) electrons. The van der Waals surface area contributed by atoms with Gasteiger partial charge in [0.1, 0.15) is 15.7 Å². The molecule has 1 aliphatic rings. The topological polar surface area (TPSA) is 59.2 Å². The highest BCUT2D eigenvalue weighted by Gasteiger charge is 2.27. The van der Waals surface area contributed by atoms with Crippen LogP contribution in [0.2, 0.25) is 0 Å². The van der Waals surface area contributed by atoms with Crippen molar-refractivity contribution in [3.63, 3.8) is 0 Å². The van der Waals surface area contributed by atoms with Crippen LogP contribution < -0.4 is 5.73 Å². The summed E-state index contributed by atoms with van der Waals surface area (Å²) in [6.45, 7) is 3.42. The largest absolute Gasteiger partial charge is 0.338 e. The van der Waals surface area contributed by atoms with Gasteiger partial charge in [0, 0.05) is 24.7 Å². The maximum Gasteiger partial charge on any atom is 0.265 e. The summed E-state index contributed by atoms with van der Waals surface area (Å²) in [5, 5.41) is 0.534. The van der Waals surface area contributed by atoms with E-state index in [1.807, 2.05) is 11.8 Å². The molecule has 1 aliphatic heterocycles. The van der Waals surface area contributed by atoms with Gasteiger partial charge in [-0.15, -0.1) is 11.3 Å². The second kappa shape index (κ2) is 6.76. The molecule has 0 spiro atoms. The smallest absolute Gasteiger partial charge is 0.265 e. The molecule has 1 aromatic carbocycles. The highest BCUT2D eigenvalue weighted by Crippen LogP contribution is 2.29. The van der Waals surface area contributed by atoms with E-state index >= 15 is 0 Å². The van der Waals surface area contributed by atoms with Gasteiger partial charge in [-0.1, -0.05) is 12.1 Å². The zero-order valence-corrected chi connectivity index (χ0v) is 13.9. The fourth-order valence-electron chi connectivity index (χ4n) is 2.91. The molecule has 1 fully saturated rings. The standard InChI is InChI=1S/C17H20FN3OS/c1-11(19)12-5-4-8-21(10-12)17(22)15-9-20-16(23-15)13-6-2-3-7-14(13)18/h2-3,6-7,9,11-12H,4-5,8,10,19H2,1H3/t11-,12+/m0/s1. The monoisotopic (exact) mass is 333 g/mol. The molecule has 1 amide bonds. The van der Waals surface area contributed by atoms with Gasteiger partial charge in [-0.3, -0.25) is 4.79 Å². The Morgan fingerprint density at radius 2 is 2.26 bits per heavy atom. The average Bonchev–Trinajstić information content (AvgIpc) is 3.04. The van der Waals surface area contributed by atoms with Crippen LogP contribution in [0.25, 0.3) is 10.6 Å². The van der Waals surface area contributed by atoms with E-state index in [9.17, 15) is 9.18 Å². The van der Waals surface area contributed by atoms with Crippen LogP contribution >= 0.6 is 11.3 Å². The molecule has 0 unspecified atom stereocenters. The van der Waals surface area contributed by atoms with Crippen molar-refractivity contribution in [3.8, 4) is 10.6 Å². The van der Waals surface area contributed by atoms with Gasteiger partial charge in [-0.05, 0) is 37.8 Å². The van der Waals surface area contributed by atoms with Crippen LogP contribution in [0.4, 0.5) is 4.39 Å². The van der Waals surface area contributed by atoms with Crippen molar-refractivity contribution in [2.24, 2.45) is 11.7 Å². The van der Waals surface area contributed by atoms with Crippen molar-refractivity contribution in [1.82, 2.24) is 9.88 Å². The molecule has 0 bridgehead atoms. The number of benzene rings is 1. The first-order valence-electron chi connectivity index (χ1n) is 7.82. The Hall–Kier alpha value is -1.79. The molecular formula is C17H20FN3OS.